The van der Waals surface area contributed by atoms with Gasteiger partial charge in [0.2, 0.25) is 5.91 Å². The van der Waals surface area contributed by atoms with Crippen LogP contribution in [0.25, 0.3) is 0 Å². The van der Waals surface area contributed by atoms with Gasteiger partial charge in [0.1, 0.15) is 5.75 Å². The summed E-state index contributed by atoms with van der Waals surface area (Å²) >= 11 is 0. The first kappa shape index (κ1) is 14.9. The Labute approximate surface area is 120 Å². The van der Waals surface area contributed by atoms with Crippen molar-refractivity contribution in [1.82, 2.24) is 10.6 Å². The monoisotopic (exact) mass is 276 g/mol. The lowest BCUT2D eigenvalue weighted by molar-refractivity contribution is -0.121. The van der Waals surface area contributed by atoms with Gasteiger partial charge in [0.05, 0.1) is 6.61 Å². The Morgan fingerprint density at radius 3 is 2.85 bits per heavy atom. The van der Waals surface area contributed by atoms with Crippen molar-refractivity contribution in [2.45, 2.75) is 38.6 Å². The third kappa shape index (κ3) is 4.85. The highest BCUT2D eigenvalue weighted by atomic mass is 16.5. The van der Waals surface area contributed by atoms with Crippen molar-refractivity contribution in [3.05, 3.63) is 29.8 Å². The Balaban J connectivity index is 1.72. The molecule has 0 aromatic heterocycles. The van der Waals surface area contributed by atoms with Crippen LogP contribution in [-0.4, -0.2) is 31.6 Å². The molecule has 4 nitrogen and oxygen atoms in total. The Morgan fingerprint density at radius 1 is 1.40 bits per heavy atom. The Kier molecular flexibility index (Phi) is 5.87. The zero-order chi connectivity index (χ0) is 14.2. The van der Waals surface area contributed by atoms with Crippen LogP contribution in [0.4, 0.5) is 0 Å². The number of rotatable bonds is 6. The summed E-state index contributed by atoms with van der Waals surface area (Å²) in [7, 11) is 0. The summed E-state index contributed by atoms with van der Waals surface area (Å²) in [6.45, 7) is 4.61. The fourth-order valence-electron chi connectivity index (χ4n) is 2.45. The molecular weight excluding hydrogens is 252 g/mol. The third-order valence-electron chi connectivity index (χ3n) is 3.54. The zero-order valence-corrected chi connectivity index (χ0v) is 12.2. The summed E-state index contributed by atoms with van der Waals surface area (Å²) in [5.74, 6) is 1.03. The fourth-order valence-corrected chi connectivity index (χ4v) is 2.45. The van der Waals surface area contributed by atoms with Crippen LogP contribution in [0.3, 0.4) is 0 Å². The topological polar surface area (TPSA) is 50.4 Å². The second kappa shape index (κ2) is 7.90. The van der Waals surface area contributed by atoms with Crippen LogP contribution in [0.5, 0.6) is 5.75 Å². The minimum Gasteiger partial charge on any atom is -0.494 e. The first-order chi connectivity index (χ1) is 9.78. The lowest BCUT2D eigenvalue weighted by Crippen LogP contribution is -2.45. The molecule has 1 unspecified atom stereocenters. The second-order valence-electron chi connectivity index (χ2n) is 5.19. The summed E-state index contributed by atoms with van der Waals surface area (Å²) in [4.78, 5) is 11.9. The number of hydrogen-bond acceptors (Lipinski definition) is 3. The van der Waals surface area contributed by atoms with E-state index in [4.69, 9.17) is 4.74 Å². The maximum Gasteiger partial charge on any atom is 0.220 e. The molecule has 1 aromatic rings. The number of carbonyl (C=O) groups is 1. The van der Waals surface area contributed by atoms with Gasteiger partial charge in [0.15, 0.2) is 0 Å². The van der Waals surface area contributed by atoms with Crippen LogP contribution in [0.2, 0.25) is 0 Å². The number of carbonyl (C=O) groups excluding carboxylic acids is 1. The fraction of sp³-hybridized carbons (Fsp3) is 0.562. The molecule has 20 heavy (non-hydrogen) atoms. The number of hydrogen-bond donors (Lipinski definition) is 2. The third-order valence-corrected chi connectivity index (χ3v) is 3.54. The quantitative estimate of drug-likeness (QED) is 0.834. The van der Waals surface area contributed by atoms with Gasteiger partial charge >= 0.3 is 0 Å². The zero-order valence-electron chi connectivity index (χ0n) is 12.2. The Morgan fingerprint density at radius 2 is 2.20 bits per heavy atom. The average molecular weight is 276 g/mol. The van der Waals surface area contributed by atoms with E-state index in [1.54, 1.807) is 0 Å². The Bertz CT molecular complexity index is 411. The predicted molar refractivity (Wildman–Crippen MR) is 80.0 cm³/mol. The van der Waals surface area contributed by atoms with Gasteiger partial charge in [-0.1, -0.05) is 12.1 Å². The van der Waals surface area contributed by atoms with Crippen LogP contribution in [0.15, 0.2) is 24.3 Å². The molecule has 1 amide bonds. The molecule has 1 saturated heterocycles. The van der Waals surface area contributed by atoms with E-state index in [-0.39, 0.29) is 5.91 Å². The normalized spacial score (nSPS) is 18.6. The largest absolute Gasteiger partial charge is 0.494 e. The first-order valence-electron chi connectivity index (χ1n) is 7.49. The number of nitrogens with one attached hydrogen (secondary N) is 2. The number of amides is 1. The van der Waals surface area contributed by atoms with Crippen LogP contribution >= 0.6 is 0 Å². The van der Waals surface area contributed by atoms with Gasteiger partial charge in [-0.05, 0) is 50.4 Å². The van der Waals surface area contributed by atoms with E-state index in [9.17, 15) is 4.79 Å². The number of piperidine rings is 1. The van der Waals surface area contributed by atoms with Gasteiger partial charge in [-0.2, -0.15) is 0 Å². The Hall–Kier alpha value is -1.55. The predicted octanol–water partition coefficient (Wildman–Crippen LogP) is 1.89. The number of aryl methyl sites for hydroxylation is 1. The molecule has 0 aliphatic carbocycles. The maximum absolute atomic E-state index is 11.9. The molecule has 0 saturated carbocycles. The molecule has 1 fully saturated rings. The van der Waals surface area contributed by atoms with Gasteiger partial charge in [-0.3, -0.25) is 4.79 Å². The first-order valence-corrected chi connectivity index (χ1v) is 7.49. The van der Waals surface area contributed by atoms with E-state index in [2.05, 4.69) is 10.6 Å². The molecule has 1 heterocycles. The molecular formula is C16H24N2O2. The maximum atomic E-state index is 11.9. The van der Waals surface area contributed by atoms with Gasteiger partial charge in [0, 0.05) is 19.0 Å². The minimum absolute atomic E-state index is 0.146. The summed E-state index contributed by atoms with van der Waals surface area (Å²) in [5.41, 5.74) is 1.17. The summed E-state index contributed by atoms with van der Waals surface area (Å²) in [5, 5.41) is 6.40. The van der Waals surface area contributed by atoms with Crippen molar-refractivity contribution in [2.75, 3.05) is 19.7 Å². The number of benzene rings is 1. The van der Waals surface area contributed by atoms with E-state index in [1.165, 1.54) is 5.56 Å². The summed E-state index contributed by atoms with van der Waals surface area (Å²) in [6, 6.07) is 8.28. The van der Waals surface area contributed by atoms with Crippen molar-refractivity contribution in [3.8, 4) is 5.75 Å². The lowest BCUT2D eigenvalue weighted by atomic mass is 10.1. The molecule has 1 atom stereocenters. The molecule has 1 aliphatic rings. The van der Waals surface area contributed by atoms with Crippen LogP contribution in [0.1, 0.15) is 31.7 Å². The smallest absolute Gasteiger partial charge is 0.220 e. The van der Waals surface area contributed by atoms with E-state index in [0.29, 0.717) is 19.1 Å². The minimum atomic E-state index is 0.146. The SMILES string of the molecule is CCOc1ccc(CCC(=O)NC2CCCNC2)cc1. The van der Waals surface area contributed by atoms with Gasteiger partial charge in [-0.25, -0.2) is 0 Å². The molecule has 0 spiro atoms. The van der Waals surface area contributed by atoms with Gasteiger partial charge in [-0.15, -0.1) is 0 Å². The standard InChI is InChI=1S/C16H24N2O2/c1-2-20-15-8-5-13(6-9-15)7-10-16(19)18-14-4-3-11-17-12-14/h5-6,8-9,14,17H,2-4,7,10-12H2,1H3,(H,18,19). The molecule has 0 bridgehead atoms. The van der Waals surface area contributed by atoms with Crippen molar-refractivity contribution < 1.29 is 9.53 Å². The van der Waals surface area contributed by atoms with Gasteiger partial charge in [0.25, 0.3) is 0 Å². The highest BCUT2D eigenvalue weighted by molar-refractivity contribution is 5.76. The molecule has 2 rings (SSSR count). The van der Waals surface area contributed by atoms with E-state index in [0.717, 1.165) is 38.1 Å². The highest BCUT2D eigenvalue weighted by Crippen LogP contribution is 2.13. The summed E-state index contributed by atoms with van der Waals surface area (Å²) in [6.07, 6.45) is 3.55. The average Bonchev–Trinajstić information content (AvgIpc) is 2.48. The second-order valence-corrected chi connectivity index (χ2v) is 5.19. The molecule has 4 heteroatoms. The van der Waals surface area contributed by atoms with Crippen molar-refractivity contribution in [2.24, 2.45) is 0 Å². The molecule has 0 radical (unpaired) electrons. The molecule has 1 aliphatic heterocycles. The van der Waals surface area contributed by atoms with Crippen LogP contribution < -0.4 is 15.4 Å². The summed E-state index contributed by atoms with van der Waals surface area (Å²) < 4.78 is 5.40. The van der Waals surface area contributed by atoms with Crippen molar-refractivity contribution in [1.29, 1.82) is 0 Å². The lowest BCUT2D eigenvalue weighted by Gasteiger charge is -2.23. The molecule has 2 N–H and O–H groups in total. The van der Waals surface area contributed by atoms with Gasteiger partial charge < -0.3 is 15.4 Å². The van der Waals surface area contributed by atoms with Crippen LogP contribution in [0, 0.1) is 0 Å². The van der Waals surface area contributed by atoms with Crippen LogP contribution in [-0.2, 0) is 11.2 Å². The van der Waals surface area contributed by atoms with E-state index in [1.807, 2.05) is 31.2 Å². The number of ether oxygens (including phenoxy) is 1. The highest BCUT2D eigenvalue weighted by Gasteiger charge is 2.14. The molecule has 110 valence electrons. The molecule has 1 aromatic carbocycles. The van der Waals surface area contributed by atoms with Crippen molar-refractivity contribution in [3.63, 3.8) is 0 Å². The van der Waals surface area contributed by atoms with E-state index >= 15 is 0 Å². The van der Waals surface area contributed by atoms with Crippen molar-refractivity contribution >= 4 is 5.91 Å². The van der Waals surface area contributed by atoms with E-state index < -0.39 is 0 Å².